The monoisotopic (exact) mass is 326 g/mol. The third kappa shape index (κ3) is 6.40. The van der Waals surface area contributed by atoms with E-state index in [2.05, 4.69) is 12.2 Å². The summed E-state index contributed by atoms with van der Waals surface area (Å²) in [5.74, 6) is 1.48. The predicted octanol–water partition coefficient (Wildman–Crippen LogP) is 2.06. The van der Waals surface area contributed by atoms with Gasteiger partial charge in [0.25, 0.3) is 0 Å². The number of ether oxygens (including phenoxy) is 2. The van der Waals surface area contributed by atoms with E-state index in [9.17, 15) is 4.79 Å². The Morgan fingerprint density at radius 2 is 2.04 bits per heavy atom. The van der Waals surface area contributed by atoms with E-state index in [-0.39, 0.29) is 0 Å². The number of nitrogens with one attached hydrogen (secondary N) is 1. The molecule has 1 N–H and O–H groups in total. The Bertz CT molecular complexity index is 337. The molecule has 0 bridgehead atoms. The van der Waals surface area contributed by atoms with Gasteiger partial charge in [-0.05, 0) is 57.0 Å². The van der Waals surface area contributed by atoms with Crippen molar-refractivity contribution in [3.8, 4) is 0 Å². The van der Waals surface area contributed by atoms with Crippen molar-refractivity contribution in [2.75, 3.05) is 46.5 Å². The summed E-state index contributed by atoms with van der Waals surface area (Å²) >= 11 is 0. The summed E-state index contributed by atoms with van der Waals surface area (Å²) in [7, 11) is 1.72. The Balaban J connectivity index is 1.63. The van der Waals surface area contributed by atoms with Crippen LogP contribution in [-0.2, 0) is 14.3 Å². The Morgan fingerprint density at radius 1 is 1.26 bits per heavy atom. The number of methoxy groups -OCH3 is 1. The van der Waals surface area contributed by atoms with Crippen LogP contribution in [0, 0.1) is 11.8 Å². The van der Waals surface area contributed by atoms with Crippen molar-refractivity contribution in [3.05, 3.63) is 0 Å². The lowest BCUT2D eigenvalue weighted by Gasteiger charge is -2.34. The van der Waals surface area contributed by atoms with Crippen molar-refractivity contribution < 1.29 is 14.3 Å². The fraction of sp³-hybridized carbons (Fsp3) is 0.944. The number of rotatable bonds is 8. The minimum atomic E-state index is 0.316. The molecule has 2 atom stereocenters. The summed E-state index contributed by atoms with van der Waals surface area (Å²) in [4.78, 5) is 14.5. The zero-order valence-corrected chi connectivity index (χ0v) is 14.9. The van der Waals surface area contributed by atoms with E-state index in [1.165, 1.54) is 12.8 Å². The average molecular weight is 326 g/mol. The molecule has 1 amide bonds. The van der Waals surface area contributed by atoms with Gasteiger partial charge in [0.1, 0.15) is 0 Å². The number of hydrogen-bond acceptors (Lipinski definition) is 4. The minimum absolute atomic E-state index is 0.316. The Labute approximate surface area is 141 Å². The molecule has 134 valence electrons. The lowest BCUT2D eigenvalue weighted by Crippen LogP contribution is -2.42. The smallest absolute Gasteiger partial charge is 0.222 e. The molecule has 2 fully saturated rings. The normalized spacial score (nSPS) is 24.6. The maximum atomic E-state index is 12.5. The van der Waals surface area contributed by atoms with E-state index in [0.717, 1.165) is 58.7 Å². The summed E-state index contributed by atoms with van der Waals surface area (Å²) < 4.78 is 10.9. The van der Waals surface area contributed by atoms with E-state index in [1.807, 2.05) is 4.90 Å². The van der Waals surface area contributed by atoms with Crippen LogP contribution in [0.3, 0.4) is 0 Å². The van der Waals surface area contributed by atoms with Crippen LogP contribution in [0.15, 0.2) is 0 Å². The highest BCUT2D eigenvalue weighted by molar-refractivity contribution is 5.76. The summed E-state index contributed by atoms with van der Waals surface area (Å²) in [6.45, 7) is 7.67. The quantitative estimate of drug-likeness (QED) is 0.694. The van der Waals surface area contributed by atoms with Gasteiger partial charge in [-0.3, -0.25) is 4.79 Å². The molecule has 0 aliphatic carbocycles. The fourth-order valence-electron chi connectivity index (χ4n) is 3.66. The lowest BCUT2D eigenvalue weighted by molar-refractivity contribution is -0.135. The van der Waals surface area contributed by atoms with Crippen LogP contribution >= 0.6 is 0 Å². The highest BCUT2D eigenvalue weighted by atomic mass is 16.5. The van der Waals surface area contributed by atoms with E-state index in [0.29, 0.717) is 30.3 Å². The summed E-state index contributed by atoms with van der Waals surface area (Å²) in [5.41, 5.74) is 0. The number of amides is 1. The zero-order valence-electron chi connectivity index (χ0n) is 14.9. The molecule has 2 heterocycles. The molecule has 5 nitrogen and oxygen atoms in total. The first-order valence-electron chi connectivity index (χ1n) is 9.29. The van der Waals surface area contributed by atoms with Gasteiger partial charge in [-0.25, -0.2) is 0 Å². The van der Waals surface area contributed by atoms with E-state index in [1.54, 1.807) is 7.11 Å². The second kappa shape index (κ2) is 10.3. The van der Waals surface area contributed by atoms with E-state index < -0.39 is 0 Å². The average Bonchev–Trinajstić information content (AvgIpc) is 2.60. The van der Waals surface area contributed by atoms with Gasteiger partial charge in [-0.1, -0.05) is 6.92 Å². The molecule has 2 aliphatic rings. The first-order chi connectivity index (χ1) is 11.2. The molecule has 0 aromatic carbocycles. The first kappa shape index (κ1) is 18.7. The molecule has 0 aromatic rings. The molecular formula is C18H34N2O3. The van der Waals surface area contributed by atoms with Crippen LogP contribution in [0.1, 0.15) is 45.4 Å². The van der Waals surface area contributed by atoms with Crippen molar-refractivity contribution in [2.24, 2.45) is 11.8 Å². The fourth-order valence-corrected chi connectivity index (χ4v) is 3.66. The van der Waals surface area contributed by atoms with Gasteiger partial charge in [0.05, 0.1) is 6.10 Å². The maximum absolute atomic E-state index is 12.5. The van der Waals surface area contributed by atoms with Crippen molar-refractivity contribution in [2.45, 2.75) is 51.6 Å². The van der Waals surface area contributed by atoms with Crippen molar-refractivity contribution >= 4 is 5.91 Å². The zero-order chi connectivity index (χ0) is 16.5. The SMILES string of the molecule is COCCCOC1CCN(C(=O)CC(C)C2CCCNC2)CC1. The molecular weight excluding hydrogens is 292 g/mol. The molecule has 0 aromatic heterocycles. The second-order valence-electron chi connectivity index (χ2n) is 7.09. The van der Waals surface area contributed by atoms with Crippen LogP contribution in [0.2, 0.25) is 0 Å². The summed E-state index contributed by atoms with van der Waals surface area (Å²) in [6, 6.07) is 0. The number of hydrogen-bond donors (Lipinski definition) is 1. The van der Waals surface area contributed by atoms with E-state index >= 15 is 0 Å². The van der Waals surface area contributed by atoms with E-state index in [4.69, 9.17) is 9.47 Å². The van der Waals surface area contributed by atoms with Crippen LogP contribution in [0.4, 0.5) is 0 Å². The third-order valence-corrected chi connectivity index (χ3v) is 5.28. The molecule has 2 unspecified atom stereocenters. The van der Waals surface area contributed by atoms with Gasteiger partial charge < -0.3 is 19.7 Å². The number of likely N-dealkylation sites (tertiary alicyclic amines) is 1. The van der Waals surface area contributed by atoms with Crippen LogP contribution in [-0.4, -0.2) is 63.4 Å². The second-order valence-corrected chi connectivity index (χ2v) is 7.09. The van der Waals surface area contributed by atoms with Crippen molar-refractivity contribution in [3.63, 3.8) is 0 Å². The van der Waals surface area contributed by atoms with Crippen LogP contribution in [0.5, 0.6) is 0 Å². The summed E-state index contributed by atoms with van der Waals surface area (Å²) in [6.07, 6.45) is 6.41. The maximum Gasteiger partial charge on any atom is 0.222 e. The number of carbonyl (C=O) groups is 1. The number of carbonyl (C=O) groups excluding carboxylic acids is 1. The molecule has 0 saturated carbocycles. The molecule has 23 heavy (non-hydrogen) atoms. The molecule has 5 heteroatoms. The Hall–Kier alpha value is -0.650. The molecule has 2 saturated heterocycles. The van der Waals surface area contributed by atoms with Gasteiger partial charge in [-0.15, -0.1) is 0 Å². The Kier molecular flexibility index (Phi) is 8.34. The minimum Gasteiger partial charge on any atom is -0.385 e. The van der Waals surface area contributed by atoms with Gasteiger partial charge in [-0.2, -0.15) is 0 Å². The predicted molar refractivity (Wildman–Crippen MR) is 91.4 cm³/mol. The molecule has 0 spiro atoms. The van der Waals surface area contributed by atoms with Crippen molar-refractivity contribution in [1.82, 2.24) is 10.2 Å². The van der Waals surface area contributed by atoms with Crippen LogP contribution < -0.4 is 5.32 Å². The number of piperidine rings is 2. The highest BCUT2D eigenvalue weighted by Gasteiger charge is 2.27. The Morgan fingerprint density at radius 3 is 2.70 bits per heavy atom. The summed E-state index contributed by atoms with van der Waals surface area (Å²) in [5, 5.41) is 3.45. The van der Waals surface area contributed by atoms with Gasteiger partial charge in [0.15, 0.2) is 0 Å². The number of nitrogens with zero attached hydrogens (tertiary/aromatic N) is 1. The van der Waals surface area contributed by atoms with Crippen molar-refractivity contribution in [1.29, 1.82) is 0 Å². The highest BCUT2D eigenvalue weighted by Crippen LogP contribution is 2.24. The van der Waals surface area contributed by atoms with Crippen LogP contribution in [0.25, 0.3) is 0 Å². The van der Waals surface area contributed by atoms with Gasteiger partial charge in [0.2, 0.25) is 5.91 Å². The lowest BCUT2D eigenvalue weighted by atomic mass is 9.85. The topological polar surface area (TPSA) is 50.8 Å². The molecule has 2 aliphatic heterocycles. The molecule has 0 radical (unpaired) electrons. The third-order valence-electron chi connectivity index (χ3n) is 5.28. The standard InChI is InChI=1S/C18H34N2O3/c1-15(16-5-3-8-19-14-16)13-18(21)20-9-6-17(7-10-20)23-12-4-11-22-2/h15-17,19H,3-14H2,1-2H3. The first-order valence-corrected chi connectivity index (χ1v) is 9.29. The largest absolute Gasteiger partial charge is 0.385 e. The van der Waals surface area contributed by atoms with Gasteiger partial charge >= 0.3 is 0 Å². The molecule has 2 rings (SSSR count). The van der Waals surface area contributed by atoms with Gasteiger partial charge in [0, 0.05) is 39.8 Å².